The zero-order valence-corrected chi connectivity index (χ0v) is 5.07. The fourth-order valence-electron chi connectivity index (χ4n) is 0.646. The summed E-state index contributed by atoms with van der Waals surface area (Å²) in [5.41, 5.74) is 0. The first-order valence-electron chi connectivity index (χ1n) is 2.72. The fraction of sp³-hybridized carbons (Fsp3) is 0.500. The van der Waals surface area contributed by atoms with Gasteiger partial charge in [0.05, 0.1) is 12.2 Å². The third-order valence-electron chi connectivity index (χ3n) is 1.45. The van der Waals surface area contributed by atoms with Gasteiger partial charge >= 0.3 is 0 Å². The van der Waals surface area contributed by atoms with Crippen molar-refractivity contribution in [2.75, 3.05) is 0 Å². The van der Waals surface area contributed by atoms with E-state index in [2.05, 4.69) is 4.74 Å². The van der Waals surface area contributed by atoms with E-state index in [0.717, 1.165) is 0 Å². The smallest absolute Gasteiger partial charge is 0.270 e. The predicted molar refractivity (Wildman–Crippen MR) is 30.4 cm³/mol. The van der Waals surface area contributed by atoms with Crippen molar-refractivity contribution in [2.24, 2.45) is 5.92 Å². The van der Waals surface area contributed by atoms with E-state index in [9.17, 15) is 4.79 Å². The van der Waals surface area contributed by atoms with Crippen molar-refractivity contribution in [3.8, 4) is 0 Å². The maximum absolute atomic E-state index is 10.1. The summed E-state index contributed by atoms with van der Waals surface area (Å²) in [6.45, 7) is 1.71. The zero-order valence-electron chi connectivity index (χ0n) is 5.07. The lowest BCUT2D eigenvalue weighted by molar-refractivity contribution is -0.176. The quantitative estimate of drug-likeness (QED) is 0.508. The molecule has 50 valence electrons. The summed E-state index contributed by atoms with van der Waals surface area (Å²) in [4.78, 5) is 10.1. The molecule has 0 aromatic rings. The van der Waals surface area contributed by atoms with Gasteiger partial charge in [-0.05, 0) is 6.08 Å². The van der Waals surface area contributed by atoms with Crippen molar-refractivity contribution in [1.29, 1.82) is 0 Å². The molecule has 3 heteroatoms. The number of rotatable bonds is 1. The molecule has 0 saturated heterocycles. The van der Waals surface area contributed by atoms with E-state index in [1.807, 2.05) is 0 Å². The average molecular weight is 128 g/mol. The van der Waals surface area contributed by atoms with E-state index in [4.69, 9.17) is 5.11 Å². The Hall–Kier alpha value is -0.830. The van der Waals surface area contributed by atoms with Crippen LogP contribution in [0, 0.1) is 5.92 Å². The van der Waals surface area contributed by atoms with E-state index >= 15 is 0 Å². The molecule has 0 amide bonds. The van der Waals surface area contributed by atoms with Crippen LogP contribution in [0.25, 0.3) is 0 Å². The van der Waals surface area contributed by atoms with Gasteiger partial charge < -0.3 is 9.84 Å². The molecule has 0 fully saturated rings. The van der Waals surface area contributed by atoms with Gasteiger partial charge in [-0.25, -0.2) is 0 Å². The van der Waals surface area contributed by atoms with Gasteiger partial charge in [0, 0.05) is 0 Å². The van der Waals surface area contributed by atoms with Gasteiger partial charge in [-0.15, -0.1) is 0 Å². The lowest BCUT2D eigenvalue weighted by Crippen LogP contribution is -2.35. The lowest BCUT2D eigenvalue weighted by Gasteiger charge is -2.18. The van der Waals surface area contributed by atoms with Crippen LogP contribution in [0.5, 0.6) is 0 Å². The van der Waals surface area contributed by atoms with Crippen LogP contribution < -0.4 is 0 Å². The standard InChI is InChI=1S/C6H8O3/c1-5-2-3-9-6(5,8)4-7/h2-5,8H,1H3. The summed E-state index contributed by atoms with van der Waals surface area (Å²) in [7, 11) is 0. The molecular formula is C6H8O3. The Balaban J connectivity index is 2.73. The molecule has 0 aromatic heterocycles. The van der Waals surface area contributed by atoms with E-state index in [1.54, 1.807) is 13.0 Å². The normalized spacial score (nSPS) is 40.4. The van der Waals surface area contributed by atoms with E-state index < -0.39 is 5.79 Å². The van der Waals surface area contributed by atoms with Crippen LogP contribution in [0.4, 0.5) is 0 Å². The third-order valence-corrected chi connectivity index (χ3v) is 1.45. The Morgan fingerprint density at radius 3 is 2.78 bits per heavy atom. The SMILES string of the molecule is CC1C=COC1(O)C=O. The van der Waals surface area contributed by atoms with Crippen molar-refractivity contribution in [3.63, 3.8) is 0 Å². The van der Waals surface area contributed by atoms with Crippen molar-refractivity contribution >= 4 is 6.29 Å². The predicted octanol–water partition coefficient (Wildman–Crippen LogP) is 0.0539. The van der Waals surface area contributed by atoms with Crippen LogP contribution in [0.1, 0.15) is 6.92 Å². The largest absolute Gasteiger partial charge is 0.463 e. The van der Waals surface area contributed by atoms with Gasteiger partial charge in [-0.2, -0.15) is 0 Å². The van der Waals surface area contributed by atoms with Crippen LogP contribution >= 0.6 is 0 Å². The Morgan fingerprint density at radius 1 is 1.89 bits per heavy atom. The first-order chi connectivity index (χ1) is 4.19. The maximum atomic E-state index is 10.1. The van der Waals surface area contributed by atoms with Crippen molar-refractivity contribution < 1.29 is 14.6 Å². The van der Waals surface area contributed by atoms with Gasteiger partial charge in [0.25, 0.3) is 5.79 Å². The van der Waals surface area contributed by atoms with Gasteiger partial charge in [-0.3, -0.25) is 4.79 Å². The number of carbonyl (C=O) groups excluding carboxylic acids is 1. The molecule has 9 heavy (non-hydrogen) atoms. The van der Waals surface area contributed by atoms with Crippen LogP contribution in [0.15, 0.2) is 12.3 Å². The molecule has 0 bridgehead atoms. The molecule has 0 saturated carbocycles. The first kappa shape index (κ1) is 6.29. The molecule has 1 aliphatic rings. The Bertz CT molecular complexity index is 152. The van der Waals surface area contributed by atoms with E-state index in [1.165, 1.54) is 6.26 Å². The second kappa shape index (κ2) is 1.84. The summed E-state index contributed by atoms with van der Waals surface area (Å²) in [6.07, 6.45) is 3.37. The summed E-state index contributed by atoms with van der Waals surface area (Å²) in [6, 6.07) is 0. The highest BCUT2D eigenvalue weighted by molar-refractivity contribution is 5.61. The van der Waals surface area contributed by atoms with Crippen molar-refractivity contribution in [1.82, 2.24) is 0 Å². The highest BCUT2D eigenvalue weighted by Crippen LogP contribution is 2.23. The Labute approximate surface area is 52.9 Å². The lowest BCUT2D eigenvalue weighted by atomic mass is 10.0. The van der Waals surface area contributed by atoms with Crippen molar-refractivity contribution in [3.05, 3.63) is 12.3 Å². The number of ether oxygens (including phenoxy) is 1. The zero-order chi connectivity index (χ0) is 6.91. The molecule has 0 aromatic carbocycles. The molecule has 2 unspecified atom stereocenters. The molecule has 1 heterocycles. The monoisotopic (exact) mass is 128 g/mol. The number of aliphatic hydroxyl groups is 1. The molecule has 0 spiro atoms. The van der Waals surface area contributed by atoms with E-state index in [0.29, 0.717) is 6.29 Å². The minimum absolute atomic E-state index is 0.241. The topological polar surface area (TPSA) is 46.5 Å². The summed E-state index contributed by atoms with van der Waals surface area (Å²) in [5.74, 6) is -1.84. The summed E-state index contributed by atoms with van der Waals surface area (Å²) < 4.78 is 4.61. The van der Waals surface area contributed by atoms with Crippen LogP contribution in [-0.2, 0) is 9.53 Å². The minimum atomic E-state index is -1.60. The molecule has 1 rings (SSSR count). The maximum Gasteiger partial charge on any atom is 0.270 e. The Morgan fingerprint density at radius 2 is 2.56 bits per heavy atom. The van der Waals surface area contributed by atoms with Gasteiger partial charge in [0.2, 0.25) is 0 Å². The number of hydrogen-bond acceptors (Lipinski definition) is 3. The molecule has 0 radical (unpaired) electrons. The van der Waals surface area contributed by atoms with Crippen LogP contribution in [0.3, 0.4) is 0 Å². The molecular weight excluding hydrogens is 120 g/mol. The number of aldehydes is 1. The molecule has 0 aliphatic carbocycles. The van der Waals surface area contributed by atoms with Gasteiger partial charge in [0.1, 0.15) is 0 Å². The minimum Gasteiger partial charge on any atom is -0.463 e. The highest BCUT2D eigenvalue weighted by Gasteiger charge is 2.36. The highest BCUT2D eigenvalue weighted by atomic mass is 16.6. The average Bonchev–Trinajstić information content (AvgIpc) is 2.15. The molecule has 1 aliphatic heterocycles. The van der Waals surface area contributed by atoms with Gasteiger partial charge in [-0.1, -0.05) is 6.92 Å². The molecule has 3 nitrogen and oxygen atoms in total. The molecule has 1 N–H and O–H groups in total. The second-order valence-electron chi connectivity index (χ2n) is 2.10. The third kappa shape index (κ3) is 0.833. The summed E-state index contributed by atoms with van der Waals surface area (Å²) in [5, 5.41) is 9.12. The molecule has 2 atom stereocenters. The van der Waals surface area contributed by atoms with Crippen LogP contribution in [-0.4, -0.2) is 17.2 Å². The summed E-state index contributed by atoms with van der Waals surface area (Å²) >= 11 is 0. The Kier molecular flexibility index (Phi) is 1.29. The van der Waals surface area contributed by atoms with Crippen LogP contribution in [0.2, 0.25) is 0 Å². The second-order valence-corrected chi connectivity index (χ2v) is 2.10. The number of hydrogen-bond donors (Lipinski definition) is 1. The first-order valence-corrected chi connectivity index (χ1v) is 2.72. The van der Waals surface area contributed by atoms with E-state index in [-0.39, 0.29) is 5.92 Å². The van der Waals surface area contributed by atoms with Crippen molar-refractivity contribution in [2.45, 2.75) is 12.7 Å². The van der Waals surface area contributed by atoms with Gasteiger partial charge in [0.15, 0.2) is 6.29 Å². The fourth-order valence-corrected chi connectivity index (χ4v) is 0.646. The number of carbonyl (C=O) groups is 1.